The third-order valence-electron chi connectivity index (χ3n) is 4.19. The number of nitrogens with zero attached hydrogens (tertiary/aromatic N) is 2. The topological polar surface area (TPSA) is 70.5 Å². The van der Waals surface area contributed by atoms with E-state index in [1.165, 1.54) is 0 Å². The van der Waals surface area contributed by atoms with Gasteiger partial charge in [0.2, 0.25) is 0 Å². The minimum Gasteiger partial charge on any atom is -0.481 e. The van der Waals surface area contributed by atoms with Crippen molar-refractivity contribution in [2.75, 3.05) is 13.1 Å². The number of hydrogen-bond acceptors (Lipinski definition) is 4. The fourth-order valence-corrected chi connectivity index (χ4v) is 3.54. The molecule has 120 valence electrons. The first-order valence-corrected chi connectivity index (χ1v) is 8.53. The van der Waals surface area contributed by atoms with E-state index in [4.69, 9.17) is 5.11 Å². The van der Waals surface area contributed by atoms with Crippen LogP contribution in [0, 0.1) is 12.8 Å². The summed E-state index contributed by atoms with van der Waals surface area (Å²) in [6, 6.07) is 5.64. The van der Waals surface area contributed by atoms with E-state index in [1.54, 1.807) is 22.3 Å². The molecule has 3 heterocycles. The number of hydrogen-bond donors (Lipinski definition) is 1. The molecule has 0 aromatic carbocycles. The van der Waals surface area contributed by atoms with Gasteiger partial charge in [-0.1, -0.05) is 0 Å². The summed E-state index contributed by atoms with van der Waals surface area (Å²) >= 11 is 1.61. The lowest BCUT2D eigenvalue weighted by atomic mass is 9.97. The molecule has 5 nitrogen and oxygen atoms in total. The summed E-state index contributed by atoms with van der Waals surface area (Å²) in [6.45, 7) is 2.70. The summed E-state index contributed by atoms with van der Waals surface area (Å²) in [5, 5.41) is 13.2. The molecule has 0 spiro atoms. The molecule has 6 heteroatoms. The number of aryl methyl sites for hydroxylation is 1. The van der Waals surface area contributed by atoms with Crippen molar-refractivity contribution in [2.45, 2.75) is 19.8 Å². The average molecular weight is 330 g/mol. The minimum atomic E-state index is -0.829. The maximum Gasteiger partial charge on any atom is 0.308 e. The Bertz CT molecular complexity index is 727. The van der Waals surface area contributed by atoms with Gasteiger partial charge in [-0.2, -0.15) is 11.3 Å². The first kappa shape index (κ1) is 15.7. The second-order valence-corrected chi connectivity index (χ2v) is 6.55. The van der Waals surface area contributed by atoms with Crippen molar-refractivity contribution in [1.29, 1.82) is 0 Å². The van der Waals surface area contributed by atoms with E-state index in [0.29, 0.717) is 24.2 Å². The monoisotopic (exact) mass is 330 g/mol. The predicted octanol–water partition coefficient (Wildman–Crippen LogP) is 3.06. The molecule has 3 rings (SSSR count). The van der Waals surface area contributed by atoms with Gasteiger partial charge in [0.05, 0.1) is 22.9 Å². The summed E-state index contributed by atoms with van der Waals surface area (Å²) in [5.74, 6) is -1.42. The van der Waals surface area contributed by atoms with Crippen molar-refractivity contribution in [2.24, 2.45) is 5.92 Å². The normalized spacial score (nSPS) is 18.0. The molecule has 0 radical (unpaired) electrons. The molecule has 1 N–H and O–H groups in total. The Kier molecular flexibility index (Phi) is 4.43. The Labute approximate surface area is 138 Å². The molecule has 0 unspecified atom stereocenters. The number of thiophene rings is 1. The van der Waals surface area contributed by atoms with E-state index in [9.17, 15) is 9.59 Å². The standard InChI is InChI=1S/C17H18N2O3S/c1-11-14(4-5-15(18-11)13-6-8-23-10-13)16(20)19-7-2-3-12(9-19)17(21)22/h4-6,8,10,12H,2-3,7,9H2,1H3,(H,21,22)/t12-/m1/s1. The summed E-state index contributed by atoms with van der Waals surface area (Å²) in [4.78, 5) is 30.0. The zero-order chi connectivity index (χ0) is 16.4. The van der Waals surface area contributed by atoms with Crippen LogP contribution in [-0.4, -0.2) is 40.0 Å². The lowest BCUT2D eigenvalue weighted by Crippen LogP contribution is -2.42. The predicted molar refractivity (Wildman–Crippen MR) is 88.6 cm³/mol. The number of likely N-dealkylation sites (tertiary alicyclic amines) is 1. The number of carboxylic acid groups (broad SMARTS) is 1. The van der Waals surface area contributed by atoms with Crippen LogP contribution < -0.4 is 0 Å². The summed E-state index contributed by atoms with van der Waals surface area (Å²) in [7, 11) is 0. The maximum atomic E-state index is 12.7. The fourth-order valence-electron chi connectivity index (χ4n) is 2.89. The highest BCUT2D eigenvalue weighted by atomic mass is 32.1. The molecule has 0 saturated carbocycles. The maximum absolute atomic E-state index is 12.7. The van der Waals surface area contributed by atoms with Gasteiger partial charge in [0.25, 0.3) is 5.91 Å². The van der Waals surface area contributed by atoms with Crippen LogP contribution >= 0.6 is 11.3 Å². The second-order valence-electron chi connectivity index (χ2n) is 5.77. The molecule has 23 heavy (non-hydrogen) atoms. The van der Waals surface area contributed by atoms with Crippen LogP contribution in [0.1, 0.15) is 28.9 Å². The first-order valence-electron chi connectivity index (χ1n) is 7.58. The molecule has 0 aliphatic carbocycles. The highest BCUT2D eigenvalue weighted by Crippen LogP contribution is 2.23. The Morgan fingerprint density at radius 3 is 2.83 bits per heavy atom. The smallest absolute Gasteiger partial charge is 0.308 e. The lowest BCUT2D eigenvalue weighted by molar-refractivity contribution is -0.143. The van der Waals surface area contributed by atoms with Crippen molar-refractivity contribution >= 4 is 23.2 Å². The first-order chi connectivity index (χ1) is 11.1. The van der Waals surface area contributed by atoms with Gasteiger partial charge in [-0.3, -0.25) is 14.6 Å². The van der Waals surface area contributed by atoms with Crippen molar-refractivity contribution < 1.29 is 14.7 Å². The number of pyridine rings is 1. The van der Waals surface area contributed by atoms with Crippen LogP contribution in [0.5, 0.6) is 0 Å². The van der Waals surface area contributed by atoms with Crippen LogP contribution in [0.15, 0.2) is 29.0 Å². The molecule has 2 aromatic heterocycles. The van der Waals surface area contributed by atoms with E-state index in [-0.39, 0.29) is 12.5 Å². The van der Waals surface area contributed by atoms with E-state index in [1.807, 2.05) is 29.8 Å². The van der Waals surface area contributed by atoms with Crippen molar-refractivity contribution in [1.82, 2.24) is 9.88 Å². The molecule has 1 atom stereocenters. The number of aromatic nitrogens is 1. The third kappa shape index (κ3) is 3.27. The van der Waals surface area contributed by atoms with Crippen molar-refractivity contribution in [3.63, 3.8) is 0 Å². The van der Waals surface area contributed by atoms with E-state index >= 15 is 0 Å². The van der Waals surface area contributed by atoms with Crippen LogP contribution in [-0.2, 0) is 4.79 Å². The molecule has 1 fully saturated rings. The van der Waals surface area contributed by atoms with Gasteiger partial charge >= 0.3 is 5.97 Å². The number of piperidine rings is 1. The minimum absolute atomic E-state index is 0.127. The Hall–Kier alpha value is -2.21. The Morgan fingerprint density at radius 2 is 2.17 bits per heavy atom. The molecule has 1 aliphatic rings. The highest BCUT2D eigenvalue weighted by Gasteiger charge is 2.29. The lowest BCUT2D eigenvalue weighted by Gasteiger charge is -2.31. The quantitative estimate of drug-likeness (QED) is 0.939. The van der Waals surface area contributed by atoms with Crippen molar-refractivity contribution in [3.05, 3.63) is 40.2 Å². The number of carbonyl (C=O) groups is 2. The number of rotatable bonds is 3. The SMILES string of the molecule is Cc1nc(-c2ccsc2)ccc1C(=O)N1CCC[C@@H](C(=O)O)C1. The van der Waals surface area contributed by atoms with Crippen LogP contribution in [0.25, 0.3) is 11.3 Å². The Morgan fingerprint density at radius 1 is 1.35 bits per heavy atom. The second kappa shape index (κ2) is 6.50. The fraction of sp³-hybridized carbons (Fsp3) is 0.353. The van der Waals surface area contributed by atoms with E-state index < -0.39 is 11.9 Å². The van der Waals surface area contributed by atoms with Gasteiger partial charge < -0.3 is 10.0 Å². The molecule has 2 aromatic rings. The van der Waals surface area contributed by atoms with Gasteiger partial charge in [0, 0.05) is 24.0 Å². The molecule has 1 aliphatic heterocycles. The third-order valence-corrected chi connectivity index (χ3v) is 4.87. The molecule has 1 saturated heterocycles. The number of aliphatic carboxylic acids is 1. The van der Waals surface area contributed by atoms with Gasteiger partial charge in [-0.15, -0.1) is 0 Å². The summed E-state index contributed by atoms with van der Waals surface area (Å²) in [5.41, 5.74) is 3.12. The molecule has 0 bridgehead atoms. The molecular weight excluding hydrogens is 312 g/mol. The molecular formula is C17H18N2O3S. The van der Waals surface area contributed by atoms with Crippen LogP contribution in [0.2, 0.25) is 0 Å². The van der Waals surface area contributed by atoms with E-state index in [0.717, 1.165) is 17.7 Å². The van der Waals surface area contributed by atoms with Gasteiger partial charge in [-0.05, 0) is 43.3 Å². The number of carbonyl (C=O) groups excluding carboxylic acids is 1. The van der Waals surface area contributed by atoms with Crippen molar-refractivity contribution in [3.8, 4) is 11.3 Å². The number of amides is 1. The highest BCUT2D eigenvalue weighted by molar-refractivity contribution is 7.08. The van der Waals surface area contributed by atoms with Gasteiger partial charge in [-0.25, -0.2) is 0 Å². The number of carboxylic acids is 1. The van der Waals surface area contributed by atoms with Crippen LogP contribution in [0.4, 0.5) is 0 Å². The zero-order valence-corrected chi connectivity index (χ0v) is 13.7. The largest absolute Gasteiger partial charge is 0.481 e. The summed E-state index contributed by atoms with van der Waals surface area (Å²) < 4.78 is 0. The van der Waals surface area contributed by atoms with Gasteiger partial charge in [0.15, 0.2) is 0 Å². The van der Waals surface area contributed by atoms with Crippen LogP contribution in [0.3, 0.4) is 0 Å². The summed E-state index contributed by atoms with van der Waals surface area (Å²) in [6.07, 6.45) is 1.36. The molecule has 1 amide bonds. The Balaban J connectivity index is 1.81. The van der Waals surface area contributed by atoms with Gasteiger partial charge in [0.1, 0.15) is 0 Å². The van der Waals surface area contributed by atoms with E-state index in [2.05, 4.69) is 4.98 Å². The zero-order valence-electron chi connectivity index (χ0n) is 12.9. The average Bonchev–Trinajstić information content (AvgIpc) is 3.08.